The molecule has 0 bridgehead atoms. The summed E-state index contributed by atoms with van der Waals surface area (Å²) in [5, 5.41) is 3.32. The number of para-hydroxylation sites is 1. The highest BCUT2D eigenvalue weighted by atomic mass is 127. The number of halogens is 3. The van der Waals surface area contributed by atoms with Crippen molar-refractivity contribution in [2.24, 2.45) is 0 Å². The first-order chi connectivity index (χ1) is 11.6. The summed E-state index contributed by atoms with van der Waals surface area (Å²) in [4.78, 5) is 0. The summed E-state index contributed by atoms with van der Waals surface area (Å²) in [6, 6.07) is 19.0. The quantitative estimate of drug-likeness (QED) is 0.497. The largest absolute Gasteiger partial charge is 0.457 e. The van der Waals surface area contributed by atoms with Crippen molar-refractivity contribution in [3.8, 4) is 11.5 Å². The maximum Gasteiger partial charge on any atom is 0.162 e. The van der Waals surface area contributed by atoms with Crippen LogP contribution in [0.2, 0.25) is 0 Å². The third-order valence-corrected chi connectivity index (χ3v) is 4.14. The van der Waals surface area contributed by atoms with Crippen LogP contribution in [-0.4, -0.2) is 0 Å². The summed E-state index contributed by atoms with van der Waals surface area (Å²) >= 11 is 2.25. The number of rotatable bonds is 5. The summed E-state index contributed by atoms with van der Waals surface area (Å²) in [6.07, 6.45) is 0. The average Bonchev–Trinajstić information content (AvgIpc) is 2.59. The molecule has 0 aliphatic carbocycles. The van der Waals surface area contributed by atoms with Crippen molar-refractivity contribution in [1.82, 2.24) is 0 Å². The molecule has 0 amide bonds. The van der Waals surface area contributed by atoms with E-state index in [1.807, 2.05) is 42.5 Å². The van der Waals surface area contributed by atoms with Gasteiger partial charge in [-0.15, -0.1) is 0 Å². The Kier molecular flexibility index (Phi) is 5.30. The zero-order valence-electron chi connectivity index (χ0n) is 12.6. The van der Waals surface area contributed by atoms with Gasteiger partial charge in [-0.1, -0.05) is 18.2 Å². The van der Waals surface area contributed by atoms with Gasteiger partial charge in [0.05, 0.1) is 0 Å². The fourth-order valence-electron chi connectivity index (χ4n) is 2.18. The zero-order chi connectivity index (χ0) is 16.9. The molecular formula is C19H14F2INO. The van der Waals surface area contributed by atoms with E-state index in [9.17, 15) is 8.78 Å². The molecule has 0 radical (unpaired) electrons. The highest BCUT2D eigenvalue weighted by molar-refractivity contribution is 14.1. The second kappa shape index (κ2) is 7.61. The summed E-state index contributed by atoms with van der Waals surface area (Å²) < 4.78 is 33.2. The summed E-state index contributed by atoms with van der Waals surface area (Å²) in [7, 11) is 0. The van der Waals surface area contributed by atoms with Crippen LogP contribution in [0.3, 0.4) is 0 Å². The Morgan fingerprint density at radius 3 is 2.38 bits per heavy atom. The standard InChI is InChI=1S/C19H14F2INO/c20-17-10-9-16(11-18(17)21)24-19-4-2-1-3-13(19)12-23-15-7-5-14(22)6-8-15/h1-11,23H,12H2. The summed E-state index contributed by atoms with van der Waals surface area (Å²) in [5.74, 6) is -0.963. The molecule has 5 heteroatoms. The van der Waals surface area contributed by atoms with E-state index in [0.29, 0.717) is 12.3 Å². The lowest BCUT2D eigenvalue weighted by molar-refractivity contribution is 0.458. The van der Waals surface area contributed by atoms with E-state index in [1.165, 1.54) is 9.64 Å². The monoisotopic (exact) mass is 437 g/mol. The highest BCUT2D eigenvalue weighted by Gasteiger charge is 2.07. The first-order valence-corrected chi connectivity index (χ1v) is 8.40. The van der Waals surface area contributed by atoms with E-state index in [0.717, 1.165) is 23.4 Å². The molecule has 3 rings (SSSR count). The molecule has 3 aromatic carbocycles. The Morgan fingerprint density at radius 2 is 1.62 bits per heavy atom. The lowest BCUT2D eigenvalue weighted by Gasteiger charge is -2.13. The Balaban J connectivity index is 1.74. The van der Waals surface area contributed by atoms with Gasteiger partial charge in [0.15, 0.2) is 11.6 Å². The molecule has 2 nitrogen and oxygen atoms in total. The van der Waals surface area contributed by atoms with Crippen LogP contribution in [-0.2, 0) is 6.54 Å². The second-order valence-electron chi connectivity index (χ2n) is 5.15. The Morgan fingerprint density at radius 1 is 0.875 bits per heavy atom. The number of hydrogen-bond acceptors (Lipinski definition) is 2. The van der Waals surface area contributed by atoms with Gasteiger partial charge in [0.2, 0.25) is 0 Å². The molecule has 0 saturated heterocycles. The van der Waals surface area contributed by atoms with Gasteiger partial charge in [-0.3, -0.25) is 0 Å². The van der Waals surface area contributed by atoms with Gasteiger partial charge in [0.1, 0.15) is 11.5 Å². The van der Waals surface area contributed by atoms with Crippen LogP contribution in [0.25, 0.3) is 0 Å². The number of ether oxygens (including phenoxy) is 1. The predicted molar refractivity (Wildman–Crippen MR) is 99.4 cm³/mol. The van der Waals surface area contributed by atoms with Crippen LogP contribution in [0.4, 0.5) is 14.5 Å². The van der Waals surface area contributed by atoms with E-state index >= 15 is 0 Å². The van der Waals surface area contributed by atoms with Crippen LogP contribution in [0.15, 0.2) is 66.7 Å². The van der Waals surface area contributed by atoms with Crippen molar-refractivity contribution in [3.05, 3.63) is 87.5 Å². The number of anilines is 1. The molecule has 0 atom stereocenters. The van der Waals surface area contributed by atoms with E-state index in [4.69, 9.17) is 4.74 Å². The van der Waals surface area contributed by atoms with Crippen LogP contribution >= 0.6 is 22.6 Å². The normalized spacial score (nSPS) is 10.5. The van der Waals surface area contributed by atoms with Crippen molar-refractivity contribution in [3.63, 3.8) is 0 Å². The van der Waals surface area contributed by atoms with Crippen molar-refractivity contribution in [2.45, 2.75) is 6.54 Å². The third-order valence-electron chi connectivity index (χ3n) is 3.42. The van der Waals surface area contributed by atoms with Crippen LogP contribution in [0, 0.1) is 15.2 Å². The smallest absolute Gasteiger partial charge is 0.162 e. The fraction of sp³-hybridized carbons (Fsp3) is 0.0526. The second-order valence-corrected chi connectivity index (χ2v) is 6.39. The van der Waals surface area contributed by atoms with Gasteiger partial charge >= 0.3 is 0 Å². The van der Waals surface area contributed by atoms with Crippen LogP contribution in [0.1, 0.15) is 5.56 Å². The molecule has 0 spiro atoms. The maximum absolute atomic E-state index is 13.3. The minimum absolute atomic E-state index is 0.260. The third kappa shape index (κ3) is 4.23. The maximum atomic E-state index is 13.3. The first-order valence-electron chi connectivity index (χ1n) is 7.32. The number of nitrogens with one attached hydrogen (secondary N) is 1. The van der Waals surface area contributed by atoms with Gasteiger partial charge in [0, 0.05) is 27.4 Å². The molecule has 122 valence electrons. The molecule has 0 saturated carbocycles. The van der Waals surface area contributed by atoms with E-state index in [1.54, 1.807) is 6.07 Å². The van der Waals surface area contributed by atoms with Crippen molar-refractivity contribution >= 4 is 28.3 Å². The topological polar surface area (TPSA) is 21.3 Å². The van der Waals surface area contributed by atoms with E-state index in [2.05, 4.69) is 27.9 Å². The summed E-state index contributed by atoms with van der Waals surface area (Å²) in [5.41, 5.74) is 1.92. The van der Waals surface area contributed by atoms with Crippen molar-refractivity contribution in [2.75, 3.05) is 5.32 Å². The molecule has 0 fully saturated rings. The van der Waals surface area contributed by atoms with Gasteiger partial charge in [0.25, 0.3) is 0 Å². The number of benzene rings is 3. The first kappa shape index (κ1) is 16.7. The minimum atomic E-state index is -0.929. The molecule has 0 aliphatic heterocycles. The van der Waals surface area contributed by atoms with Crippen molar-refractivity contribution in [1.29, 1.82) is 0 Å². The Hall–Kier alpha value is -2.15. The predicted octanol–water partition coefficient (Wildman–Crippen LogP) is 5.97. The Labute approximate surface area is 152 Å². The van der Waals surface area contributed by atoms with Gasteiger partial charge in [-0.05, 0) is 65.1 Å². The van der Waals surface area contributed by atoms with Crippen molar-refractivity contribution < 1.29 is 13.5 Å². The van der Waals surface area contributed by atoms with Gasteiger partial charge in [-0.25, -0.2) is 8.78 Å². The molecular weight excluding hydrogens is 423 g/mol. The molecule has 0 heterocycles. The van der Waals surface area contributed by atoms with E-state index in [-0.39, 0.29) is 5.75 Å². The molecule has 1 N–H and O–H groups in total. The Bertz CT molecular complexity index is 837. The van der Waals surface area contributed by atoms with E-state index < -0.39 is 11.6 Å². The van der Waals surface area contributed by atoms with Gasteiger partial charge in [-0.2, -0.15) is 0 Å². The van der Waals surface area contributed by atoms with Gasteiger partial charge < -0.3 is 10.1 Å². The zero-order valence-corrected chi connectivity index (χ0v) is 14.8. The molecule has 24 heavy (non-hydrogen) atoms. The molecule has 0 aliphatic rings. The fourth-order valence-corrected chi connectivity index (χ4v) is 2.54. The lowest BCUT2D eigenvalue weighted by atomic mass is 10.2. The van der Waals surface area contributed by atoms with Crippen LogP contribution in [0.5, 0.6) is 11.5 Å². The van der Waals surface area contributed by atoms with Crippen LogP contribution < -0.4 is 10.1 Å². The minimum Gasteiger partial charge on any atom is -0.457 e. The summed E-state index contributed by atoms with van der Waals surface area (Å²) in [6.45, 7) is 0.556. The lowest BCUT2D eigenvalue weighted by Crippen LogP contribution is -2.01. The SMILES string of the molecule is Fc1ccc(Oc2ccccc2CNc2ccc(I)cc2)cc1F. The molecule has 0 unspecified atom stereocenters. The average molecular weight is 437 g/mol. The highest BCUT2D eigenvalue weighted by Crippen LogP contribution is 2.27. The number of hydrogen-bond donors (Lipinski definition) is 1. The molecule has 3 aromatic rings. The molecule has 0 aromatic heterocycles.